The average molecular weight is 322 g/mol. The van der Waals surface area contributed by atoms with Crippen LogP contribution in [-0.4, -0.2) is 21.8 Å². The van der Waals surface area contributed by atoms with E-state index in [-0.39, 0.29) is 0 Å². The van der Waals surface area contributed by atoms with Crippen LogP contribution in [0.2, 0.25) is 0 Å². The van der Waals surface area contributed by atoms with Crippen molar-refractivity contribution >= 4 is 11.8 Å². The molecule has 0 spiro atoms. The van der Waals surface area contributed by atoms with E-state index in [0.29, 0.717) is 46.5 Å². The number of pyridine rings is 2. The summed E-state index contributed by atoms with van der Waals surface area (Å²) in [7, 11) is 0. The summed E-state index contributed by atoms with van der Waals surface area (Å²) in [5.41, 5.74) is 13.8. The fourth-order valence-corrected chi connectivity index (χ4v) is 2.49. The molecule has 0 aliphatic rings. The van der Waals surface area contributed by atoms with Crippen molar-refractivity contribution < 1.29 is 9.59 Å². The first-order valence-electron chi connectivity index (χ1n) is 7.28. The molecule has 0 saturated carbocycles. The van der Waals surface area contributed by atoms with E-state index in [1.807, 2.05) is 0 Å². The minimum Gasteiger partial charge on any atom is -0.366 e. The van der Waals surface area contributed by atoms with E-state index in [9.17, 15) is 9.59 Å². The molecule has 0 aliphatic carbocycles. The van der Waals surface area contributed by atoms with Gasteiger partial charge in [0.1, 0.15) is 0 Å². The Balaban J connectivity index is 2.74. The highest BCUT2D eigenvalue weighted by Crippen LogP contribution is 2.26. The molecule has 0 saturated heterocycles. The maximum atomic E-state index is 12.0. The smallest absolute Gasteiger partial charge is 0.249 e. The number of nitrogens with zero attached hydrogens (tertiary/aromatic N) is 2. The summed E-state index contributed by atoms with van der Waals surface area (Å²) in [6.07, 6.45) is 7.21. The van der Waals surface area contributed by atoms with Crippen LogP contribution in [0.25, 0.3) is 11.4 Å². The molecular formula is C18H18N4O2. The van der Waals surface area contributed by atoms with E-state index in [4.69, 9.17) is 11.5 Å². The van der Waals surface area contributed by atoms with E-state index in [1.165, 1.54) is 18.3 Å². The maximum Gasteiger partial charge on any atom is 0.249 e. The number of allylic oxidation sites excluding steroid dienone is 2. The molecule has 2 amide bonds. The molecule has 0 bridgehead atoms. The van der Waals surface area contributed by atoms with Crippen molar-refractivity contribution in [3.8, 4) is 11.4 Å². The molecule has 0 radical (unpaired) electrons. The number of nitrogens with two attached hydrogens (primary N) is 2. The van der Waals surface area contributed by atoms with Crippen molar-refractivity contribution in [1.82, 2.24) is 9.97 Å². The zero-order valence-corrected chi connectivity index (χ0v) is 13.2. The third-order valence-electron chi connectivity index (χ3n) is 3.50. The summed E-state index contributed by atoms with van der Waals surface area (Å²) < 4.78 is 0. The van der Waals surface area contributed by atoms with Crippen LogP contribution in [0.15, 0.2) is 49.8 Å². The molecule has 0 fully saturated rings. The molecule has 122 valence electrons. The Labute approximate surface area is 139 Å². The van der Waals surface area contributed by atoms with Gasteiger partial charge in [-0.1, -0.05) is 12.2 Å². The zero-order valence-electron chi connectivity index (χ0n) is 13.2. The van der Waals surface area contributed by atoms with E-state index >= 15 is 0 Å². The number of rotatable bonds is 7. The predicted molar refractivity (Wildman–Crippen MR) is 92.3 cm³/mol. The second-order valence-electron chi connectivity index (χ2n) is 5.13. The normalized spacial score (nSPS) is 10.2. The molecule has 0 unspecified atom stereocenters. The average Bonchev–Trinajstić information content (AvgIpc) is 2.55. The van der Waals surface area contributed by atoms with Gasteiger partial charge in [0.15, 0.2) is 0 Å². The Hall–Kier alpha value is -3.28. The summed E-state index contributed by atoms with van der Waals surface area (Å²) in [6.45, 7) is 7.40. The monoisotopic (exact) mass is 322 g/mol. The molecule has 24 heavy (non-hydrogen) atoms. The van der Waals surface area contributed by atoms with Crippen molar-refractivity contribution in [2.45, 2.75) is 12.8 Å². The fraction of sp³-hybridized carbons (Fsp3) is 0.111. The molecule has 0 aliphatic heterocycles. The van der Waals surface area contributed by atoms with Crippen LogP contribution >= 0.6 is 0 Å². The van der Waals surface area contributed by atoms with Crippen molar-refractivity contribution in [2.24, 2.45) is 11.5 Å². The van der Waals surface area contributed by atoms with Crippen LogP contribution in [0.3, 0.4) is 0 Å². The zero-order chi connectivity index (χ0) is 17.7. The Morgan fingerprint density at radius 3 is 2.38 bits per heavy atom. The lowest BCUT2D eigenvalue weighted by Gasteiger charge is -2.14. The second-order valence-corrected chi connectivity index (χ2v) is 5.13. The first kappa shape index (κ1) is 17.1. The Morgan fingerprint density at radius 1 is 1.08 bits per heavy atom. The standard InChI is InChI=1S/C18H18N4O2/c1-3-5-12-10-22-16(13(6-4-2)15(12)18(20)24)14-9-11(17(19)23)7-8-21-14/h3-4,7-10H,1-2,5-6H2,(H2,19,23)(H2,20,24). The summed E-state index contributed by atoms with van der Waals surface area (Å²) in [5, 5.41) is 0. The van der Waals surface area contributed by atoms with Gasteiger partial charge in [0.25, 0.3) is 0 Å². The first-order chi connectivity index (χ1) is 11.5. The number of primary amides is 2. The quantitative estimate of drug-likeness (QED) is 0.757. The van der Waals surface area contributed by atoms with Gasteiger partial charge in [-0.05, 0) is 36.1 Å². The third-order valence-corrected chi connectivity index (χ3v) is 3.50. The van der Waals surface area contributed by atoms with Crippen molar-refractivity contribution in [3.63, 3.8) is 0 Å². The van der Waals surface area contributed by atoms with Gasteiger partial charge in [-0.25, -0.2) is 0 Å². The van der Waals surface area contributed by atoms with Gasteiger partial charge in [-0.15, -0.1) is 13.2 Å². The Morgan fingerprint density at radius 2 is 1.79 bits per heavy atom. The third kappa shape index (κ3) is 3.38. The lowest BCUT2D eigenvalue weighted by molar-refractivity contribution is 0.0990. The predicted octanol–water partition coefficient (Wildman–Crippen LogP) is 1.80. The van der Waals surface area contributed by atoms with Crippen molar-refractivity contribution in [1.29, 1.82) is 0 Å². The lowest BCUT2D eigenvalue weighted by Crippen LogP contribution is -2.18. The molecule has 2 aromatic heterocycles. The number of aromatic nitrogens is 2. The van der Waals surface area contributed by atoms with Crippen LogP contribution in [-0.2, 0) is 12.8 Å². The Kier molecular flexibility index (Phi) is 5.21. The van der Waals surface area contributed by atoms with Crippen LogP contribution in [0.1, 0.15) is 31.8 Å². The highest BCUT2D eigenvalue weighted by atomic mass is 16.1. The van der Waals surface area contributed by atoms with Gasteiger partial charge in [0.2, 0.25) is 11.8 Å². The molecule has 2 rings (SSSR count). The van der Waals surface area contributed by atoms with Crippen LogP contribution < -0.4 is 11.5 Å². The van der Waals surface area contributed by atoms with Crippen LogP contribution in [0.5, 0.6) is 0 Å². The molecular weight excluding hydrogens is 304 g/mol. The number of hydrogen-bond donors (Lipinski definition) is 2. The summed E-state index contributed by atoms with van der Waals surface area (Å²) in [5.74, 6) is -1.12. The van der Waals surface area contributed by atoms with Gasteiger partial charge >= 0.3 is 0 Å². The minimum absolute atomic E-state index is 0.308. The maximum absolute atomic E-state index is 12.0. The van der Waals surface area contributed by atoms with E-state index < -0.39 is 11.8 Å². The van der Waals surface area contributed by atoms with Crippen molar-refractivity contribution in [2.75, 3.05) is 0 Å². The van der Waals surface area contributed by atoms with Crippen LogP contribution in [0, 0.1) is 0 Å². The molecule has 2 aromatic rings. The summed E-state index contributed by atoms with van der Waals surface area (Å²) in [6, 6.07) is 3.05. The number of carbonyl (C=O) groups is 2. The van der Waals surface area contributed by atoms with E-state index in [0.717, 1.165) is 0 Å². The molecule has 6 nitrogen and oxygen atoms in total. The van der Waals surface area contributed by atoms with Gasteiger partial charge in [-0.3, -0.25) is 19.6 Å². The SMILES string of the molecule is C=CCc1cnc(-c2cc(C(N)=O)ccn2)c(CC=C)c1C(N)=O. The van der Waals surface area contributed by atoms with Gasteiger partial charge in [0, 0.05) is 23.5 Å². The summed E-state index contributed by atoms with van der Waals surface area (Å²) >= 11 is 0. The van der Waals surface area contributed by atoms with Crippen molar-refractivity contribution in [3.05, 3.63) is 72.1 Å². The van der Waals surface area contributed by atoms with E-state index in [1.54, 1.807) is 18.3 Å². The molecule has 4 N–H and O–H groups in total. The number of hydrogen-bond acceptors (Lipinski definition) is 4. The lowest BCUT2D eigenvalue weighted by atomic mass is 9.94. The largest absolute Gasteiger partial charge is 0.366 e. The second kappa shape index (κ2) is 7.32. The Bertz CT molecular complexity index is 828. The molecule has 0 aromatic carbocycles. The molecule has 2 heterocycles. The minimum atomic E-state index is -0.567. The first-order valence-corrected chi connectivity index (χ1v) is 7.28. The molecule has 0 atom stereocenters. The topological polar surface area (TPSA) is 112 Å². The van der Waals surface area contributed by atoms with Gasteiger partial charge in [-0.2, -0.15) is 0 Å². The summed E-state index contributed by atoms with van der Waals surface area (Å²) in [4.78, 5) is 32.0. The van der Waals surface area contributed by atoms with Crippen LogP contribution in [0.4, 0.5) is 0 Å². The number of amides is 2. The highest BCUT2D eigenvalue weighted by Gasteiger charge is 2.19. The fourth-order valence-electron chi connectivity index (χ4n) is 2.49. The molecule has 6 heteroatoms. The van der Waals surface area contributed by atoms with E-state index in [2.05, 4.69) is 23.1 Å². The van der Waals surface area contributed by atoms with Gasteiger partial charge < -0.3 is 11.5 Å². The number of carbonyl (C=O) groups excluding carboxylic acids is 2. The van der Waals surface area contributed by atoms with Gasteiger partial charge in [0.05, 0.1) is 11.4 Å². The highest BCUT2D eigenvalue weighted by molar-refractivity contribution is 5.98.